The summed E-state index contributed by atoms with van der Waals surface area (Å²) in [5.74, 6) is 2.08. The van der Waals surface area contributed by atoms with Gasteiger partial charge in [0.15, 0.2) is 0 Å². The summed E-state index contributed by atoms with van der Waals surface area (Å²) in [5, 5.41) is 11.2. The van der Waals surface area contributed by atoms with Gasteiger partial charge in [-0.1, -0.05) is 19.9 Å². The number of aliphatic hydroxyl groups is 1. The average Bonchev–Trinajstić information content (AvgIpc) is 2.57. The number of amides is 1. The van der Waals surface area contributed by atoms with Crippen LogP contribution in [0.1, 0.15) is 65.2 Å². The third-order valence-corrected chi connectivity index (χ3v) is 9.59. The predicted octanol–water partition coefficient (Wildman–Crippen LogP) is 3.77. The van der Waals surface area contributed by atoms with E-state index in [1.807, 2.05) is 0 Å². The highest BCUT2D eigenvalue weighted by atomic mass is 16.3. The molecule has 4 bridgehead atoms. The number of carbonyl (C=O) groups is 1. The summed E-state index contributed by atoms with van der Waals surface area (Å²) in [7, 11) is 0. The molecule has 0 aromatic carbocycles. The van der Waals surface area contributed by atoms with Gasteiger partial charge < -0.3 is 10.0 Å². The van der Waals surface area contributed by atoms with E-state index in [1.54, 1.807) is 6.92 Å². The van der Waals surface area contributed by atoms with E-state index in [2.05, 4.69) is 18.4 Å². The van der Waals surface area contributed by atoms with Crippen molar-refractivity contribution < 1.29 is 9.90 Å². The molecule has 25 heavy (non-hydrogen) atoms. The van der Waals surface area contributed by atoms with Crippen molar-refractivity contribution in [1.82, 2.24) is 4.90 Å². The van der Waals surface area contributed by atoms with Crippen LogP contribution < -0.4 is 0 Å². The molecule has 6 fully saturated rings. The quantitative estimate of drug-likeness (QED) is 0.680. The molecular weight excluding hydrogens is 310 g/mol. The molecule has 138 valence electrons. The second-order valence-corrected chi connectivity index (χ2v) is 10.4. The van der Waals surface area contributed by atoms with Crippen LogP contribution >= 0.6 is 0 Å². The topological polar surface area (TPSA) is 40.5 Å². The Labute approximate surface area is 151 Å². The lowest BCUT2D eigenvalue weighted by Gasteiger charge is -2.72. The minimum absolute atomic E-state index is 0.0559. The minimum atomic E-state index is -0.304. The molecule has 0 aromatic rings. The molecule has 1 heterocycles. The van der Waals surface area contributed by atoms with Crippen molar-refractivity contribution in [2.45, 2.75) is 71.3 Å². The summed E-state index contributed by atoms with van der Waals surface area (Å²) in [6.45, 7) is 10.4. The highest BCUT2D eigenvalue weighted by Gasteiger charge is 2.69. The number of hydrogen-bond donors (Lipinski definition) is 1. The molecule has 1 saturated heterocycles. The van der Waals surface area contributed by atoms with Gasteiger partial charge in [0.2, 0.25) is 5.91 Å². The largest absolute Gasteiger partial charge is 0.388 e. The molecular formula is C22H33NO2. The summed E-state index contributed by atoms with van der Waals surface area (Å²) in [5.41, 5.74) is 1.70. The predicted molar refractivity (Wildman–Crippen MR) is 97.8 cm³/mol. The van der Waals surface area contributed by atoms with Crippen molar-refractivity contribution in [3.8, 4) is 0 Å². The van der Waals surface area contributed by atoms with Gasteiger partial charge in [-0.05, 0) is 79.1 Å². The van der Waals surface area contributed by atoms with Gasteiger partial charge in [-0.3, -0.25) is 4.79 Å². The maximum atomic E-state index is 12.3. The first-order valence-corrected chi connectivity index (χ1v) is 10.4. The molecule has 1 spiro atoms. The number of likely N-dealkylation sites (tertiary alicyclic amines) is 1. The Bertz CT molecular complexity index is 644. The van der Waals surface area contributed by atoms with Crippen LogP contribution in [-0.2, 0) is 4.79 Å². The Balaban J connectivity index is 1.63. The second kappa shape index (κ2) is 4.91. The molecule has 3 nitrogen and oxygen atoms in total. The molecule has 3 heteroatoms. The molecule has 1 N–H and O–H groups in total. The van der Waals surface area contributed by atoms with E-state index in [1.165, 1.54) is 51.4 Å². The molecule has 0 unspecified atom stereocenters. The Morgan fingerprint density at radius 3 is 2.64 bits per heavy atom. The van der Waals surface area contributed by atoms with Gasteiger partial charge >= 0.3 is 0 Å². The van der Waals surface area contributed by atoms with Crippen molar-refractivity contribution in [3.63, 3.8) is 0 Å². The summed E-state index contributed by atoms with van der Waals surface area (Å²) in [4.78, 5) is 14.5. The third kappa shape index (κ3) is 1.84. The van der Waals surface area contributed by atoms with E-state index in [0.717, 1.165) is 24.6 Å². The zero-order valence-electron chi connectivity index (χ0n) is 15.9. The third-order valence-electron chi connectivity index (χ3n) is 9.59. The van der Waals surface area contributed by atoms with E-state index in [0.29, 0.717) is 11.8 Å². The van der Waals surface area contributed by atoms with E-state index in [4.69, 9.17) is 0 Å². The summed E-state index contributed by atoms with van der Waals surface area (Å²) in [6, 6.07) is 0. The van der Waals surface area contributed by atoms with Gasteiger partial charge in [0.25, 0.3) is 0 Å². The first kappa shape index (κ1) is 16.4. The highest BCUT2D eigenvalue weighted by Crippen LogP contribution is 2.73. The molecule has 7 atom stereocenters. The second-order valence-electron chi connectivity index (χ2n) is 10.4. The Kier molecular flexibility index (Phi) is 3.21. The van der Waals surface area contributed by atoms with Gasteiger partial charge in [0.05, 0.1) is 6.10 Å². The van der Waals surface area contributed by atoms with Crippen LogP contribution in [0.4, 0.5) is 0 Å². The van der Waals surface area contributed by atoms with Crippen molar-refractivity contribution in [1.29, 1.82) is 0 Å². The van der Waals surface area contributed by atoms with Crippen LogP contribution in [0.3, 0.4) is 0 Å². The number of rotatable bonds is 0. The van der Waals surface area contributed by atoms with Crippen LogP contribution in [0, 0.1) is 34.0 Å². The molecule has 5 aliphatic carbocycles. The van der Waals surface area contributed by atoms with Crippen molar-refractivity contribution in [2.75, 3.05) is 13.1 Å². The number of fused-ring (bicyclic) bond motifs is 2. The summed E-state index contributed by atoms with van der Waals surface area (Å²) < 4.78 is 0. The van der Waals surface area contributed by atoms with Crippen molar-refractivity contribution in [2.24, 2.45) is 34.0 Å². The van der Waals surface area contributed by atoms with Crippen molar-refractivity contribution in [3.05, 3.63) is 12.2 Å². The monoisotopic (exact) mass is 343 g/mol. The standard InChI is InChI=1S/C22H33NO2/c1-14-16-5-9-21(19(14)25)10-6-17-20(3)7-4-8-22(17,18(21)11-16)13-23(12-20)15(2)24/h16-19,25H,1,4-13H2,2-3H3/t16-,17-,18+,19+,20+,21-,22+/m1/s1. The van der Waals surface area contributed by atoms with Gasteiger partial charge in [0, 0.05) is 25.4 Å². The smallest absolute Gasteiger partial charge is 0.219 e. The average molecular weight is 344 g/mol. The molecule has 0 radical (unpaired) electrons. The normalized spacial score (nSPS) is 54.0. The number of nitrogens with zero attached hydrogens (tertiary/aromatic N) is 1. The van der Waals surface area contributed by atoms with E-state index < -0.39 is 0 Å². The summed E-state index contributed by atoms with van der Waals surface area (Å²) in [6.07, 6.45) is 9.55. The molecule has 6 aliphatic rings. The Hall–Kier alpha value is -0.830. The van der Waals surface area contributed by atoms with Crippen LogP contribution in [0.2, 0.25) is 0 Å². The van der Waals surface area contributed by atoms with E-state index >= 15 is 0 Å². The van der Waals surface area contributed by atoms with Crippen molar-refractivity contribution >= 4 is 5.91 Å². The zero-order chi connectivity index (χ0) is 17.6. The lowest BCUT2D eigenvalue weighted by Crippen LogP contribution is -2.71. The van der Waals surface area contributed by atoms with Gasteiger partial charge in [-0.15, -0.1) is 0 Å². The number of piperidine rings is 1. The SMILES string of the molecule is C=C1[C@@H]2CC[C@]3(CC[C@@H]4[C@@]5(C)CCC[C@@]4(CN(C(C)=O)C5)[C@H]3C2)[C@H]1O. The van der Waals surface area contributed by atoms with Gasteiger partial charge in [0.1, 0.15) is 0 Å². The fourth-order valence-corrected chi connectivity index (χ4v) is 8.64. The Morgan fingerprint density at radius 1 is 1.12 bits per heavy atom. The molecule has 6 rings (SSSR count). The molecule has 1 aliphatic heterocycles. The fraction of sp³-hybridized carbons (Fsp3) is 0.864. The van der Waals surface area contributed by atoms with E-state index in [-0.39, 0.29) is 28.3 Å². The van der Waals surface area contributed by atoms with Crippen LogP contribution in [-0.4, -0.2) is 35.1 Å². The first-order chi connectivity index (χ1) is 11.8. The number of carbonyl (C=O) groups excluding carboxylic acids is 1. The maximum Gasteiger partial charge on any atom is 0.219 e. The summed E-state index contributed by atoms with van der Waals surface area (Å²) >= 11 is 0. The van der Waals surface area contributed by atoms with Crippen LogP contribution in [0.25, 0.3) is 0 Å². The molecule has 1 amide bonds. The lowest BCUT2D eigenvalue weighted by molar-refractivity contribution is -0.238. The fourth-order valence-electron chi connectivity index (χ4n) is 8.64. The minimum Gasteiger partial charge on any atom is -0.388 e. The first-order valence-electron chi connectivity index (χ1n) is 10.4. The lowest BCUT2D eigenvalue weighted by atomic mass is 9.35. The molecule has 0 aromatic heterocycles. The van der Waals surface area contributed by atoms with Gasteiger partial charge in [-0.2, -0.15) is 0 Å². The number of hydrogen-bond acceptors (Lipinski definition) is 2. The Morgan fingerprint density at radius 2 is 1.88 bits per heavy atom. The van der Waals surface area contributed by atoms with E-state index in [9.17, 15) is 9.90 Å². The maximum absolute atomic E-state index is 12.3. The zero-order valence-corrected chi connectivity index (χ0v) is 15.9. The van der Waals surface area contributed by atoms with Crippen LogP contribution in [0.15, 0.2) is 12.2 Å². The van der Waals surface area contributed by atoms with Crippen LogP contribution in [0.5, 0.6) is 0 Å². The highest BCUT2D eigenvalue weighted by molar-refractivity contribution is 5.73. The van der Waals surface area contributed by atoms with Gasteiger partial charge in [-0.25, -0.2) is 0 Å². The number of aliphatic hydroxyl groups excluding tert-OH is 1. The molecule has 5 saturated carbocycles.